The van der Waals surface area contributed by atoms with Crippen molar-refractivity contribution in [1.82, 2.24) is 14.3 Å². The SMILES string of the molecule is CCCC(CC)n1cc2cc(C(=O)Nc3cccn([C@H]4C[C@H]4C)c3=O)ccc2n1. The predicted octanol–water partition coefficient (Wildman–Crippen LogP) is 4.78. The van der Waals surface area contributed by atoms with Crippen molar-refractivity contribution in [2.24, 2.45) is 5.92 Å². The van der Waals surface area contributed by atoms with Gasteiger partial charge in [0, 0.05) is 29.4 Å². The number of anilines is 1. The summed E-state index contributed by atoms with van der Waals surface area (Å²) in [5.74, 6) is 0.233. The molecule has 1 amide bonds. The van der Waals surface area contributed by atoms with Crippen LogP contribution in [-0.4, -0.2) is 20.3 Å². The van der Waals surface area contributed by atoms with E-state index in [1.165, 1.54) is 0 Å². The van der Waals surface area contributed by atoms with E-state index in [1.54, 1.807) is 22.9 Å². The summed E-state index contributed by atoms with van der Waals surface area (Å²) in [5, 5.41) is 8.40. The number of pyridine rings is 1. The molecule has 2 heterocycles. The zero-order valence-corrected chi connectivity index (χ0v) is 17.3. The molecule has 4 rings (SSSR count). The Bertz CT molecular complexity index is 1100. The van der Waals surface area contributed by atoms with E-state index < -0.39 is 0 Å². The van der Waals surface area contributed by atoms with Gasteiger partial charge >= 0.3 is 0 Å². The summed E-state index contributed by atoms with van der Waals surface area (Å²) in [5.41, 5.74) is 1.58. The first-order valence-corrected chi connectivity index (χ1v) is 10.5. The highest BCUT2D eigenvalue weighted by molar-refractivity contribution is 6.06. The van der Waals surface area contributed by atoms with Crippen molar-refractivity contribution in [1.29, 1.82) is 0 Å². The number of fused-ring (bicyclic) bond motifs is 1. The van der Waals surface area contributed by atoms with Crippen molar-refractivity contribution in [3.8, 4) is 0 Å². The van der Waals surface area contributed by atoms with E-state index in [0.717, 1.165) is 36.6 Å². The Hall–Kier alpha value is -2.89. The lowest BCUT2D eigenvalue weighted by molar-refractivity contribution is 0.102. The summed E-state index contributed by atoms with van der Waals surface area (Å²) in [6, 6.07) is 9.57. The number of amides is 1. The second-order valence-electron chi connectivity index (χ2n) is 8.10. The maximum Gasteiger partial charge on any atom is 0.274 e. The molecule has 2 aromatic heterocycles. The van der Waals surface area contributed by atoms with Gasteiger partial charge < -0.3 is 9.88 Å². The molecule has 1 aromatic carbocycles. The largest absolute Gasteiger partial charge is 0.317 e. The minimum absolute atomic E-state index is 0.144. The van der Waals surface area contributed by atoms with E-state index in [-0.39, 0.29) is 17.5 Å². The highest BCUT2D eigenvalue weighted by Crippen LogP contribution is 2.41. The third-order valence-electron chi connectivity index (χ3n) is 5.90. The second kappa shape index (κ2) is 7.85. The van der Waals surface area contributed by atoms with Gasteiger partial charge in [-0.3, -0.25) is 14.3 Å². The van der Waals surface area contributed by atoms with Crippen LogP contribution in [0.1, 0.15) is 68.9 Å². The number of nitrogens with one attached hydrogen (secondary N) is 1. The molecule has 1 saturated carbocycles. The van der Waals surface area contributed by atoms with E-state index in [2.05, 4.69) is 31.2 Å². The van der Waals surface area contributed by atoms with Gasteiger partial charge in [0.1, 0.15) is 5.69 Å². The van der Waals surface area contributed by atoms with Crippen LogP contribution in [0.5, 0.6) is 0 Å². The molecule has 152 valence electrons. The minimum Gasteiger partial charge on any atom is -0.317 e. The molecule has 0 bridgehead atoms. The van der Waals surface area contributed by atoms with Crippen LogP contribution < -0.4 is 10.9 Å². The zero-order chi connectivity index (χ0) is 20.5. The standard InChI is InChI=1S/C23H28N4O2/c1-4-7-18(5-2)27-14-17-13-16(9-10-19(17)25-27)22(28)24-20-8-6-11-26(23(20)29)21-12-15(21)3/h6,8-11,13-15,18,21H,4-5,7,12H2,1-3H3,(H,24,28)/t15-,18?,21+/m1/s1. The monoisotopic (exact) mass is 392 g/mol. The number of nitrogens with zero attached hydrogens (tertiary/aromatic N) is 3. The van der Waals surface area contributed by atoms with Crippen LogP contribution in [-0.2, 0) is 0 Å². The van der Waals surface area contributed by atoms with Crippen molar-refractivity contribution in [3.05, 3.63) is 58.6 Å². The third kappa shape index (κ3) is 3.84. The first-order valence-electron chi connectivity index (χ1n) is 10.5. The lowest BCUT2D eigenvalue weighted by Crippen LogP contribution is -2.25. The van der Waals surface area contributed by atoms with E-state index >= 15 is 0 Å². The van der Waals surface area contributed by atoms with Crippen LogP contribution in [0.15, 0.2) is 47.5 Å². The minimum atomic E-state index is -0.279. The van der Waals surface area contributed by atoms with Gasteiger partial charge in [-0.25, -0.2) is 0 Å². The van der Waals surface area contributed by atoms with Crippen molar-refractivity contribution in [2.75, 3.05) is 5.32 Å². The lowest BCUT2D eigenvalue weighted by atomic mass is 10.1. The van der Waals surface area contributed by atoms with Crippen molar-refractivity contribution >= 4 is 22.5 Å². The highest BCUT2D eigenvalue weighted by atomic mass is 16.2. The van der Waals surface area contributed by atoms with E-state index in [9.17, 15) is 9.59 Å². The Morgan fingerprint density at radius 1 is 1.31 bits per heavy atom. The molecule has 29 heavy (non-hydrogen) atoms. The Balaban J connectivity index is 1.57. The van der Waals surface area contributed by atoms with E-state index in [1.807, 2.05) is 29.1 Å². The first-order chi connectivity index (χ1) is 14.0. The van der Waals surface area contributed by atoms with Gasteiger partial charge in [-0.1, -0.05) is 27.2 Å². The third-order valence-corrected chi connectivity index (χ3v) is 5.90. The molecular formula is C23H28N4O2. The van der Waals surface area contributed by atoms with Crippen LogP contribution in [0, 0.1) is 5.92 Å². The first kappa shape index (κ1) is 19.4. The maximum atomic E-state index is 12.8. The molecule has 1 N–H and O–H groups in total. The number of carbonyl (C=O) groups excluding carboxylic acids is 1. The van der Waals surface area contributed by atoms with Gasteiger partial charge in [0.05, 0.1) is 11.6 Å². The second-order valence-corrected chi connectivity index (χ2v) is 8.10. The summed E-state index contributed by atoms with van der Waals surface area (Å²) in [7, 11) is 0. The fraction of sp³-hybridized carbons (Fsp3) is 0.435. The normalized spacial score (nSPS) is 19.3. The molecule has 0 radical (unpaired) electrons. The molecule has 1 aliphatic carbocycles. The molecule has 0 aliphatic heterocycles. The molecule has 1 aliphatic rings. The smallest absolute Gasteiger partial charge is 0.274 e. The summed E-state index contributed by atoms with van der Waals surface area (Å²) in [6.07, 6.45) is 8.03. The highest BCUT2D eigenvalue weighted by Gasteiger charge is 2.35. The molecule has 0 saturated heterocycles. The lowest BCUT2D eigenvalue weighted by Gasteiger charge is -2.13. The Morgan fingerprint density at radius 3 is 2.79 bits per heavy atom. The van der Waals surface area contributed by atoms with Gasteiger partial charge in [0.15, 0.2) is 0 Å². The number of hydrogen-bond acceptors (Lipinski definition) is 3. The van der Waals surface area contributed by atoms with Crippen molar-refractivity contribution < 1.29 is 4.79 Å². The molecule has 3 aromatic rings. The Morgan fingerprint density at radius 2 is 2.10 bits per heavy atom. The van der Waals surface area contributed by atoms with Crippen LogP contribution in [0.3, 0.4) is 0 Å². The number of rotatable bonds is 7. The molecule has 0 spiro atoms. The van der Waals surface area contributed by atoms with E-state index in [4.69, 9.17) is 0 Å². The van der Waals surface area contributed by atoms with Crippen LogP contribution in [0.2, 0.25) is 0 Å². The molecule has 1 fully saturated rings. The fourth-order valence-corrected chi connectivity index (χ4v) is 3.98. The molecule has 6 nitrogen and oxygen atoms in total. The Kier molecular flexibility index (Phi) is 5.26. The van der Waals surface area contributed by atoms with Crippen LogP contribution in [0.4, 0.5) is 5.69 Å². The number of benzene rings is 1. The summed E-state index contributed by atoms with van der Waals surface area (Å²) in [4.78, 5) is 25.5. The summed E-state index contributed by atoms with van der Waals surface area (Å²) in [6.45, 7) is 6.47. The van der Waals surface area contributed by atoms with Crippen LogP contribution >= 0.6 is 0 Å². The van der Waals surface area contributed by atoms with Gasteiger partial charge in [-0.15, -0.1) is 0 Å². The summed E-state index contributed by atoms with van der Waals surface area (Å²) >= 11 is 0. The number of hydrogen-bond donors (Lipinski definition) is 1. The molecular weight excluding hydrogens is 364 g/mol. The van der Waals surface area contributed by atoms with Gasteiger partial charge in [-0.05, 0) is 55.5 Å². The Labute approximate surface area is 170 Å². The fourth-order valence-electron chi connectivity index (χ4n) is 3.98. The quantitative estimate of drug-likeness (QED) is 0.629. The topological polar surface area (TPSA) is 68.9 Å². The summed E-state index contributed by atoms with van der Waals surface area (Å²) < 4.78 is 3.74. The van der Waals surface area contributed by atoms with E-state index in [0.29, 0.717) is 23.2 Å². The molecule has 3 atom stereocenters. The number of aromatic nitrogens is 3. The molecule has 1 unspecified atom stereocenters. The van der Waals surface area contributed by atoms with Gasteiger partial charge in [-0.2, -0.15) is 5.10 Å². The molecule has 6 heteroatoms. The average molecular weight is 393 g/mol. The number of carbonyl (C=O) groups is 1. The van der Waals surface area contributed by atoms with Gasteiger partial charge in [0.2, 0.25) is 0 Å². The predicted molar refractivity (Wildman–Crippen MR) is 115 cm³/mol. The van der Waals surface area contributed by atoms with Crippen molar-refractivity contribution in [2.45, 2.75) is 58.5 Å². The van der Waals surface area contributed by atoms with Gasteiger partial charge in [0.25, 0.3) is 11.5 Å². The average Bonchev–Trinajstić information content (AvgIpc) is 3.28. The van der Waals surface area contributed by atoms with Crippen molar-refractivity contribution in [3.63, 3.8) is 0 Å². The van der Waals surface area contributed by atoms with Crippen LogP contribution in [0.25, 0.3) is 10.9 Å². The zero-order valence-electron chi connectivity index (χ0n) is 17.3. The maximum absolute atomic E-state index is 12.8.